The molecule has 544 valence electrons. The van der Waals surface area contributed by atoms with Crippen LogP contribution in [0.2, 0.25) is 0 Å². The van der Waals surface area contributed by atoms with Crippen LogP contribution in [-0.2, 0) is 10.8 Å². The lowest BCUT2D eigenvalue weighted by Gasteiger charge is -2.24. The van der Waals surface area contributed by atoms with E-state index >= 15 is 0 Å². The first-order valence-electron chi connectivity index (χ1n) is 39.7. The summed E-state index contributed by atoms with van der Waals surface area (Å²) in [5.74, 6) is 3.67. The molecule has 4 aromatic heterocycles. The van der Waals surface area contributed by atoms with Gasteiger partial charge >= 0.3 is 0 Å². The standard InChI is InChI=1S/2C54H35N3O/c1-54(2)44-19-8-6-16-41(44)49-40-27-24-33-22-23-35-31-37(25-26-38(35)48(33)39(40)28-29-45(49)54)52-55-51(36-15-10-14-34(30-36)32-12-4-3-5-13-32)56-53(57-52)43-18-11-21-47-50(43)42-17-7-9-20-46(42)58-47;1-54(2)44-23-10-8-20-40(44)49-39-19-7-6-18-38(39)47-37-28-27-36(31-34(37)26-29-42(47)50(49)54)52-55-51(35-17-12-16-33(30-35)32-14-4-3-5-15-32)56-53(57-52)43-22-13-25-46-48(43)41-21-9-11-24-45(41)58-46/h2*3-31H,1-2H3. The number of nitrogens with zero attached hydrogens (tertiary/aromatic N) is 6. The first kappa shape index (κ1) is 66.9. The summed E-state index contributed by atoms with van der Waals surface area (Å²) < 4.78 is 12.6. The summed E-state index contributed by atoms with van der Waals surface area (Å²) in [6.45, 7) is 9.43. The molecule has 8 heteroatoms. The molecule has 18 aromatic carbocycles. The van der Waals surface area contributed by atoms with E-state index in [0.717, 1.165) is 110 Å². The number of hydrogen-bond acceptors (Lipinski definition) is 8. The van der Waals surface area contributed by atoms with Crippen LogP contribution in [0, 0.1) is 0 Å². The Morgan fingerprint density at radius 2 is 0.560 bits per heavy atom. The van der Waals surface area contributed by atoms with Gasteiger partial charge < -0.3 is 8.83 Å². The first-order valence-corrected chi connectivity index (χ1v) is 39.7. The van der Waals surface area contributed by atoms with E-state index in [2.05, 4.69) is 307 Å². The van der Waals surface area contributed by atoms with Crippen molar-refractivity contribution in [3.63, 3.8) is 0 Å². The average Bonchev–Trinajstić information content (AvgIpc) is 1.53. The van der Waals surface area contributed by atoms with E-state index in [-0.39, 0.29) is 10.8 Å². The van der Waals surface area contributed by atoms with Crippen molar-refractivity contribution in [2.75, 3.05) is 0 Å². The zero-order valence-electron chi connectivity index (χ0n) is 64.0. The van der Waals surface area contributed by atoms with Crippen LogP contribution in [-0.4, -0.2) is 29.9 Å². The maximum atomic E-state index is 6.31. The van der Waals surface area contributed by atoms with Crippen LogP contribution in [0.15, 0.2) is 361 Å². The number of benzene rings is 18. The zero-order valence-corrected chi connectivity index (χ0v) is 64.0. The maximum absolute atomic E-state index is 6.31. The molecule has 0 fully saturated rings. The summed E-state index contributed by atoms with van der Waals surface area (Å²) in [7, 11) is 0. The lowest BCUT2D eigenvalue weighted by molar-refractivity contribution is 0.661. The van der Waals surface area contributed by atoms with E-state index in [9.17, 15) is 0 Å². The van der Waals surface area contributed by atoms with Gasteiger partial charge in [0.2, 0.25) is 0 Å². The summed E-state index contributed by atoms with van der Waals surface area (Å²) in [5, 5.41) is 19.0. The number of fused-ring (bicyclic) bond motifs is 25. The van der Waals surface area contributed by atoms with Gasteiger partial charge in [0.15, 0.2) is 34.9 Å². The summed E-state index contributed by atoms with van der Waals surface area (Å²) in [6.07, 6.45) is 0. The van der Waals surface area contributed by atoms with Crippen LogP contribution in [0.4, 0.5) is 0 Å². The van der Waals surface area contributed by atoms with Crippen LogP contribution in [0.25, 0.3) is 221 Å². The predicted molar refractivity (Wildman–Crippen MR) is 478 cm³/mol. The highest BCUT2D eigenvalue weighted by atomic mass is 16.3. The van der Waals surface area contributed by atoms with E-state index in [1.807, 2.05) is 72.8 Å². The SMILES string of the molecule is CC1(C)c2ccccc2-c2c1c1ccc3cc(-c4nc(-c5cccc(-c6ccccc6)c5)nc(-c5cccc6oc7ccccc7c56)n4)ccc3c1c1ccccc21.CC1(C)c2ccccc2-c2c1ccc1c2ccc2ccc3cc(-c4nc(-c5cccc(-c6ccccc6)c5)nc(-c5cccc6oc7ccccc7c56)n4)ccc3c21. The van der Waals surface area contributed by atoms with Crippen LogP contribution in [0.3, 0.4) is 0 Å². The Morgan fingerprint density at radius 1 is 0.198 bits per heavy atom. The minimum absolute atomic E-state index is 0.0515. The van der Waals surface area contributed by atoms with E-state index in [1.54, 1.807) is 0 Å². The Hall–Kier alpha value is -14.9. The summed E-state index contributed by atoms with van der Waals surface area (Å²) in [4.78, 5) is 31.4. The van der Waals surface area contributed by atoms with E-state index in [0.29, 0.717) is 34.9 Å². The van der Waals surface area contributed by atoms with Crippen molar-refractivity contribution in [3.8, 4) is 113 Å². The molecule has 0 aliphatic heterocycles. The monoisotopic (exact) mass is 1480 g/mol. The molecule has 0 radical (unpaired) electrons. The number of furan rings is 2. The Kier molecular flexibility index (Phi) is 14.9. The molecule has 8 nitrogen and oxygen atoms in total. The Balaban J connectivity index is 0.000000137. The molecule has 2 aliphatic rings. The normalized spacial score (nSPS) is 13.1. The summed E-state index contributed by atoms with van der Waals surface area (Å²) in [5.41, 5.74) is 24.0. The second-order valence-electron chi connectivity index (χ2n) is 31.9. The number of para-hydroxylation sites is 2. The highest BCUT2D eigenvalue weighted by Crippen LogP contribution is 2.57. The smallest absolute Gasteiger partial charge is 0.164 e. The van der Waals surface area contributed by atoms with Crippen LogP contribution >= 0.6 is 0 Å². The van der Waals surface area contributed by atoms with Crippen LogP contribution in [0.5, 0.6) is 0 Å². The lowest BCUT2D eigenvalue weighted by atomic mass is 9.78. The third-order valence-corrected chi connectivity index (χ3v) is 24.6. The third kappa shape index (κ3) is 10.5. The second-order valence-corrected chi connectivity index (χ2v) is 31.9. The Bertz CT molecular complexity index is 7910. The van der Waals surface area contributed by atoms with Crippen molar-refractivity contribution in [2.24, 2.45) is 0 Å². The molecule has 0 N–H and O–H groups in total. The minimum Gasteiger partial charge on any atom is -0.456 e. The number of rotatable bonds is 8. The highest BCUT2D eigenvalue weighted by molar-refractivity contribution is 6.27. The fourth-order valence-corrected chi connectivity index (χ4v) is 19.1. The van der Waals surface area contributed by atoms with E-state index < -0.39 is 0 Å². The van der Waals surface area contributed by atoms with E-state index in [4.69, 9.17) is 38.7 Å². The van der Waals surface area contributed by atoms with Gasteiger partial charge in [0.1, 0.15) is 22.3 Å². The molecule has 4 heterocycles. The molecule has 0 amide bonds. The van der Waals surface area contributed by atoms with Crippen molar-refractivity contribution >= 4 is 109 Å². The first-order chi connectivity index (χ1) is 57.0. The minimum atomic E-state index is -0.138. The van der Waals surface area contributed by atoms with Crippen molar-refractivity contribution < 1.29 is 8.83 Å². The molecule has 0 bridgehead atoms. The molecular formula is C108H70N6O2. The van der Waals surface area contributed by atoms with Crippen molar-refractivity contribution in [3.05, 3.63) is 374 Å². The van der Waals surface area contributed by atoms with Crippen LogP contribution in [0.1, 0.15) is 49.9 Å². The van der Waals surface area contributed by atoms with Gasteiger partial charge in [0.25, 0.3) is 0 Å². The maximum Gasteiger partial charge on any atom is 0.164 e. The third-order valence-electron chi connectivity index (χ3n) is 24.6. The quantitative estimate of drug-likeness (QED) is 0.139. The Morgan fingerprint density at radius 3 is 1.13 bits per heavy atom. The topological polar surface area (TPSA) is 104 Å². The van der Waals surface area contributed by atoms with Crippen LogP contribution < -0.4 is 0 Å². The van der Waals surface area contributed by atoms with Crippen molar-refractivity contribution in [1.29, 1.82) is 0 Å². The summed E-state index contributed by atoms with van der Waals surface area (Å²) in [6, 6.07) is 125. The fraction of sp³-hybridized carbons (Fsp3) is 0.0556. The Labute approximate surface area is 668 Å². The van der Waals surface area contributed by atoms with Gasteiger partial charge in [0.05, 0.1) is 0 Å². The molecule has 0 atom stereocenters. The van der Waals surface area contributed by atoms with Gasteiger partial charge in [-0.1, -0.05) is 331 Å². The predicted octanol–water partition coefficient (Wildman–Crippen LogP) is 28.4. The molecule has 0 unspecified atom stereocenters. The number of aromatic nitrogens is 6. The molecule has 22 aromatic rings. The van der Waals surface area contributed by atoms with Gasteiger partial charge in [-0.05, 0) is 180 Å². The molecule has 24 rings (SSSR count). The highest BCUT2D eigenvalue weighted by Gasteiger charge is 2.39. The molecule has 116 heavy (non-hydrogen) atoms. The molecule has 0 saturated carbocycles. The molecular weight excluding hydrogens is 1410 g/mol. The molecule has 0 saturated heterocycles. The van der Waals surface area contributed by atoms with Gasteiger partial charge in [0, 0.05) is 65.8 Å². The fourth-order valence-electron chi connectivity index (χ4n) is 19.1. The largest absolute Gasteiger partial charge is 0.456 e. The van der Waals surface area contributed by atoms with Gasteiger partial charge in [-0.15, -0.1) is 0 Å². The van der Waals surface area contributed by atoms with Crippen molar-refractivity contribution in [2.45, 2.75) is 38.5 Å². The van der Waals surface area contributed by atoms with E-state index in [1.165, 1.54) is 98.4 Å². The molecule has 2 aliphatic carbocycles. The number of hydrogen-bond donors (Lipinski definition) is 0. The van der Waals surface area contributed by atoms with Gasteiger partial charge in [-0.3, -0.25) is 0 Å². The average molecular weight is 1480 g/mol. The van der Waals surface area contributed by atoms with Gasteiger partial charge in [-0.25, -0.2) is 29.9 Å². The lowest BCUT2D eigenvalue weighted by Crippen LogP contribution is -2.15. The zero-order chi connectivity index (χ0) is 77.1. The van der Waals surface area contributed by atoms with Crippen molar-refractivity contribution in [1.82, 2.24) is 29.9 Å². The van der Waals surface area contributed by atoms with Gasteiger partial charge in [-0.2, -0.15) is 0 Å². The summed E-state index contributed by atoms with van der Waals surface area (Å²) >= 11 is 0. The molecule has 0 spiro atoms. The second kappa shape index (κ2) is 25.8.